The molecule has 0 aliphatic rings. The fourth-order valence-corrected chi connectivity index (χ4v) is 1.77. The van der Waals surface area contributed by atoms with Crippen LogP contribution in [0.4, 0.5) is 4.39 Å². The molecule has 0 atom stereocenters. The standard InChI is InChI=1S/C11H9BrFN3O/c1-16-11(14-6-15-16)5-10(17)8-3-2-7(12)4-9(8)13/h2-4,6H,5H2,1H3. The molecule has 0 saturated heterocycles. The van der Waals surface area contributed by atoms with Crippen LogP contribution in [0.3, 0.4) is 0 Å². The van der Waals surface area contributed by atoms with Gasteiger partial charge in [0.15, 0.2) is 5.78 Å². The SMILES string of the molecule is Cn1ncnc1CC(=O)c1ccc(Br)cc1F. The van der Waals surface area contributed by atoms with Gasteiger partial charge in [-0.05, 0) is 18.2 Å². The van der Waals surface area contributed by atoms with Gasteiger partial charge in [-0.3, -0.25) is 9.48 Å². The lowest BCUT2D eigenvalue weighted by atomic mass is 10.1. The maximum absolute atomic E-state index is 13.5. The zero-order valence-electron chi connectivity index (χ0n) is 9.02. The van der Waals surface area contributed by atoms with Gasteiger partial charge in [0.1, 0.15) is 18.0 Å². The third kappa shape index (κ3) is 2.58. The van der Waals surface area contributed by atoms with Crippen molar-refractivity contribution in [2.24, 2.45) is 7.05 Å². The highest BCUT2D eigenvalue weighted by Crippen LogP contribution is 2.16. The summed E-state index contributed by atoms with van der Waals surface area (Å²) >= 11 is 3.14. The molecular weight excluding hydrogens is 289 g/mol. The first kappa shape index (κ1) is 11.9. The quantitative estimate of drug-likeness (QED) is 0.816. The van der Waals surface area contributed by atoms with E-state index in [1.54, 1.807) is 13.1 Å². The Morgan fingerprint density at radius 1 is 1.53 bits per heavy atom. The van der Waals surface area contributed by atoms with Crippen molar-refractivity contribution in [2.75, 3.05) is 0 Å². The van der Waals surface area contributed by atoms with Gasteiger partial charge in [0.05, 0.1) is 12.0 Å². The summed E-state index contributed by atoms with van der Waals surface area (Å²) < 4.78 is 15.6. The average Bonchev–Trinajstić information content (AvgIpc) is 2.64. The molecule has 2 rings (SSSR count). The Hall–Kier alpha value is -1.56. The number of aryl methyl sites for hydroxylation is 1. The molecule has 0 fully saturated rings. The summed E-state index contributed by atoms with van der Waals surface area (Å²) in [5.41, 5.74) is 0.0659. The Labute approximate surface area is 106 Å². The van der Waals surface area contributed by atoms with Crippen molar-refractivity contribution in [3.05, 3.63) is 46.2 Å². The minimum atomic E-state index is -0.536. The number of Topliss-reactive ketones (excluding diaryl/α,β-unsaturated/α-hetero) is 1. The predicted octanol–water partition coefficient (Wildman–Crippen LogP) is 2.14. The van der Waals surface area contributed by atoms with Gasteiger partial charge in [0.25, 0.3) is 0 Å². The molecule has 6 heteroatoms. The van der Waals surface area contributed by atoms with Gasteiger partial charge >= 0.3 is 0 Å². The number of carbonyl (C=O) groups is 1. The molecule has 0 unspecified atom stereocenters. The van der Waals surface area contributed by atoms with Gasteiger partial charge in [-0.15, -0.1) is 0 Å². The van der Waals surface area contributed by atoms with Crippen LogP contribution in [-0.2, 0) is 13.5 Å². The minimum Gasteiger partial charge on any atom is -0.294 e. The Morgan fingerprint density at radius 3 is 2.88 bits per heavy atom. The second-order valence-electron chi connectivity index (χ2n) is 3.52. The fraction of sp³-hybridized carbons (Fsp3) is 0.182. The Kier molecular flexibility index (Phi) is 3.33. The summed E-state index contributed by atoms with van der Waals surface area (Å²) in [5.74, 6) is -0.338. The molecule has 17 heavy (non-hydrogen) atoms. The molecule has 1 aromatic carbocycles. The first-order valence-electron chi connectivity index (χ1n) is 4.89. The average molecular weight is 298 g/mol. The molecule has 0 bridgehead atoms. The van der Waals surface area contributed by atoms with Crippen molar-refractivity contribution in [1.82, 2.24) is 14.8 Å². The summed E-state index contributed by atoms with van der Waals surface area (Å²) in [6, 6.07) is 4.36. The van der Waals surface area contributed by atoms with Gasteiger partial charge in [0, 0.05) is 11.5 Å². The van der Waals surface area contributed by atoms with Crippen LogP contribution in [0.1, 0.15) is 16.2 Å². The lowest BCUT2D eigenvalue weighted by Crippen LogP contribution is -2.10. The Morgan fingerprint density at radius 2 is 2.29 bits per heavy atom. The van der Waals surface area contributed by atoms with Crippen LogP contribution in [0.25, 0.3) is 0 Å². The number of nitrogens with zero attached hydrogens (tertiary/aromatic N) is 3. The lowest BCUT2D eigenvalue weighted by Gasteiger charge is -2.02. The van der Waals surface area contributed by atoms with Crippen molar-refractivity contribution in [3.8, 4) is 0 Å². The third-order valence-corrected chi connectivity index (χ3v) is 2.85. The van der Waals surface area contributed by atoms with Crippen LogP contribution in [0.15, 0.2) is 29.0 Å². The topological polar surface area (TPSA) is 47.8 Å². The molecule has 0 radical (unpaired) electrons. The molecule has 2 aromatic rings. The highest BCUT2D eigenvalue weighted by molar-refractivity contribution is 9.10. The number of carbonyl (C=O) groups excluding carboxylic acids is 1. The van der Waals surface area contributed by atoms with E-state index in [9.17, 15) is 9.18 Å². The number of aromatic nitrogens is 3. The smallest absolute Gasteiger partial charge is 0.173 e. The van der Waals surface area contributed by atoms with Gasteiger partial charge in [-0.1, -0.05) is 15.9 Å². The molecule has 88 valence electrons. The van der Waals surface area contributed by atoms with Crippen molar-refractivity contribution >= 4 is 21.7 Å². The molecular formula is C11H9BrFN3O. The van der Waals surface area contributed by atoms with Crippen molar-refractivity contribution in [3.63, 3.8) is 0 Å². The lowest BCUT2D eigenvalue weighted by molar-refractivity contribution is 0.0986. The van der Waals surface area contributed by atoms with Crippen LogP contribution in [0, 0.1) is 5.82 Å². The van der Waals surface area contributed by atoms with Crippen LogP contribution in [0.2, 0.25) is 0 Å². The maximum atomic E-state index is 13.5. The second kappa shape index (κ2) is 4.75. The Bertz CT molecular complexity index is 568. The van der Waals surface area contributed by atoms with E-state index in [0.29, 0.717) is 10.3 Å². The summed E-state index contributed by atoms with van der Waals surface area (Å²) in [5, 5.41) is 3.85. The van der Waals surface area contributed by atoms with Crippen LogP contribution in [0.5, 0.6) is 0 Å². The normalized spacial score (nSPS) is 10.5. The summed E-state index contributed by atoms with van der Waals surface area (Å²) in [7, 11) is 1.69. The number of hydrogen-bond donors (Lipinski definition) is 0. The van der Waals surface area contributed by atoms with Crippen LogP contribution < -0.4 is 0 Å². The number of benzene rings is 1. The monoisotopic (exact) mass is 297 g/mol. The molecule has 0 N–H and O–H groups in total. The van der Waals surface area contributed by atoms with Gasteiger partial charge in [-0.25, -0.2) is 9.37 Å². The van der Waals surface area contributed by atoms with E-state index < -0.39 is 5.82 Å². The van der Waals surface area contributed by atoms with E-state index >= 15 is 0 Å². The molecule has 0 aliphatic heterocycles. The number of rotatable bonds is 3. The highest BCUT2D eigenvalue weighted by Gasteiger charge is 2.14. The molecule has 1 heterocycles. The minimum absolute atomic E-state index is 0.0368. The summed E-state index contributed by atoms with van der Waals surface area (Å²) in [6.45, 7) is 0. The molecule has 4 nitrogen and oxygen atoms in total. The first-order chi connectivity index (χ1) is 8.08. The van der Waals surface area contributed by atoms with E-state index in [-0.39, 0.29) is 17.8 Å². The molecule has 0 amide bonds. The third-order valence-electron chi connectivity index (χ3n) is 2.36. The van der Waals surface area contributed by atoms with E-state index in [0.717, 1.165) is 0 Å². The Balaban J connectivity index is 2.23. The summed E-state index contributed by atoms with van der Waals surface area (Å²) in [6.07, 6.45) is 1.40. The zero-order valence-corrected chi connectivity index (χ0v) is 10.6. The van der Waals surface area contributed by atoms with Crippen LogP contribution in [-0.4, -0.2) is 20.5 Å². The maximum Gasteiger partial charge on any atom is 0.173 e. The van der Waals surface area contributed by atoms with Gasteiger partial charge in [-0.2, -0.15) is 5.10 Å². The van der Waals surface area contributed by atoms with E-state index in [4.69, 9.17) is 0 Å². The first-order valence-corrected chi connectivity index (χ1v) is 5.68. The highest BCUT2D eigenvalue weighted by atomic mass is 79.9. The predicted molar refractivity (Wildman–Crippen MR) is 63.1 cm³/mol. The molecule has 1 aromatic heterocycles. The second-order valence-corrected chi connectivity index (χ2v) is 4.44. The summed E-state index contributed by atoms with van der Waals surface area (Å²) in [4.78, 5) is 15.8. The fourth-order valence-electron chi connectivity index (χ4n) is 1.43. The van der Waals surface area contributed by atoms with Crippen LogP contribution >= 0.6 is 15.9 Å². The number of hydrogen-bond acceptors (Lipinski definition) is 3. The molecule has 0 spiro atoms. The number of halogens is 2. The van der Waals surface area contributed by atoms with E-state index in [2.05, 4.69) is 26.0 Å². The largest absolute Gasteiger partial charge is 0.294 e. The zero-order chi connectivity index (χ0) is 12.4. The molecule has 0 aliphatic carbocycles. The van der Waals surface area contributed by atoms with Gasteiger partial charge < -0.3 is 0 Å². The van der Waals surface area contributed by atoms with E-state index in [1.165, 1.54) is 23.1 Å². The van der Waals surface area contributed by atoms with E-state index in [1.807, 2.05) is 0 Å². The van der Waals surface area contributed by atoms with Crippen molar-refractivity contribution in [2.45, 2.75) is 6.42 Å². The molecule has 0 saturated carbocycles. The number of ketones is 1. The van der Waals surface area contributed by atoms with Crippen molar-refractivity contribution in [1.29, 1.82) is 0 Å². The van der Waals surface area contributed by atoms with Gasteiger partial charge in [0.2, 0.25) is 0 Å². The van der Waals surface area contributed by atoms with Crippen molar-refractivity contribution < 1.29 is 9.18 Å².